The van der Waals surface area contributed by atoms with Gasteiger partial charge in [-0.1, -0.05) is 20.8 Å². The van der Waals surface area contributed by atoms with Gasteiger partial charge < -0.3 is 9.84 Å². The fourth-order valence-electron chi connectivity index (χ4n) is 9.15. The minimum absolute atomic E-state index is 0.0338. The smallest absolute Gasteiger partial charge is 0.306 e. The Bertz CT molecular complexity index is 666. The number of esters is 1. The summed E-state index contributed by atoms with van der Waals surface area (Å²) in [5, 5.41) is 10.3. The summed E-state index contributed by atoms with van der Waals surface area (Å²) in [6, 6.07) is 0. The SMILES string of the molecule is C[C@H](CCC(=O)OC(C)(C)C)[C@H]1CC[C@H]2[C@@H]3CC[C@@H]4C[C@H](O)CC[C@]4(C)[C@H]3CC[C@]12C. The van der Waals surface area contributed by atoms with Gasteiger partial charge in [-0.05, 0) is 131 Å². The Kier molecular flexibility index (Phi) is 6.34. The highest BCUT2D eigenvalue weighted by atomic mass is 16.6. The summed E-state index contributed by atoms with van der Waals surface area (Å²) in [5.41, 5.74) is 0.531. The van der Waals surface area contributed by atoms with Crippen molar-refractivity contribution in [1.29, 1.82) is 0 Å². The van der Waals surface area contributed by atoms with E-state index in [1.165, 1.54) is 44.9 Å². The predicted octanol–water partition coefficient (Wildman–Crippen LogP) is 6.76. The zero-order valence-electron chi connectivity index (χ0n) is 21.1. The Hall–Kier alpha value is -0.570. The van der Waals surface area contributed by atoms with E-state index in [9.17, 15) is 9.90 Å². The summed E-state index contributed by atoms with van der Waals surface area (Å²) in [7, 11) is 0. The molecule has 4 aliphatic carbocycles. The average Bonchev–Trinajstić information content (AvgIpc) is 3.02. The number of ether oxygens (including phenoxy) is 1. The summed E-state index contributed by atoms with van der Waals surface area (Å²) in [6.45, 7) is 13.5. The first-order valence-electron chi connectivity index (χ1n) is 13.3. The zero-order valence-corrected chi connectivity index (χ0v) is 21.1. The van der Waals surface area contributed by atoms with E-state index in [1.807, 2.05) is 20.8 Å². The van der Waals surface area contributed by atoms with Gasteiger partial charge in [-0.3, -0.25) is 4.79 Å². The molecule has 4 saturated carbocycles. The molecule has 4 aliphatic rings. The maximum Gasteiger partial charge on any atom is 0.306 e. The van der Waals surface area contributed by atoms with E-state index in [0.717, 1.165) is 48.9 Å². The molecule has 0 aliphatic heterocycles. The normalized spacial score (nSPS) is 45.9. The van der Waals surface area contributed by atoms with Crippen LogP contribution in [0.5, 0.6) is 0 Å². The van der Waals surface area contributed by atoms with Crippen LogP contribution in [0.15, 0.2) is 0 Å². The van der Waals surface area contributed by atoms with Crippen molar-refractivity contribution in [2.75, 3.05) is 0 Å². The van der Waals surface area contributed by atoms with Crippen LogP contribution < -0.4 is 0 Å². The number of carbonyl (C=O) groups is 1. The maximum atomic E-state index is 12.3. The molecule has 3 nitrogen and oxygen atoms in total. The minimum atomic E-state index is -0.382. The molecule has 178 valence electrons. The van der Waals surface area contributed by atoms with Crippen molar-refractivity contribution in [2.24, 2.45) is 46.3 Å². The Balaban J connectivity index is 1.42. The van der Waals surface area contributed by atoms with Crippen molar-refractivity contribution in [1.82, 2.24) is 0 Å². The van der Waals surface area contributed by atoms with Gasteiger partial charge in [0.2, 0.25) is 0 Å². The molecule has 0 spiro atoms. The van der Waals surface area contributed by atoms with E-state index in [4.69, 9.17) is 4.74 Å². The fourth-order valence-corrected chi connectivity index (χ4v) is 9.15. The average molecular weight is 433 g/mol. The van der Waals surface area contributed by atoms with Gasteiger partial charge >= 0.3 is 5.97 Å². The second-order valence-corrected chi connectivity index (χ2v) is 13.4. The number of aliphatic hydroxyl groups is 1. The molecular formula is C28H48O3. The third-order valence-electron chi connectivity index (χ3n) is 10.6. The van der Waals surface area contributed by atoms with Crippen LogP contribution in [-0.2, 0) is 9.53 Å². The molecule has 0 aromatic rings. The molecule has 4 fully saturated rings. The van der Waals surface area contributed by atoms with Crippen molar-refractivity contribution >= 4 is 5.97 Å². The fraction of sp³-hybridized carbons (Fsp3) is 0.964. The van der Waals surface area contributed by atoms with Gasteiger partial charge in [0, 0.05) is 6.42 Å². The lowest BCUT2D eigenvalue weighted by Gasteiger charge is -2.61. The van der Waals surface area contributed by atoms with Crippen LogP contribution in [0.2, 0.25) is 0 Å². The van der Waals surface area contributed by atoms with E-state index < -0.39 is 0 Å². The molecule has 3 heteroatoms. The van der Waals surface area contributed by atoms with Crippen LogP contribution in [0, 0.1) is 46.3 Å². The van der Waals surface area contributed by atoms with Crippen LogP contribution in [0.1, 0.15) is 112 Å². The van der Waals surface area contributed by atoms with Crippen LogP contribution in [0.4, 0.5) is 0 Å². The molecular weight excluding hydrogens is 384 g/mol. The maximum absolute atomic E-state index is 12.3. The summed E-state index contributed by atoms with van der Waals surface area (Å²) < 4.78 is 5.57. The summed E-state index contributed by atoms with van der Waals surface area (Å²) in [5.74, 6) is 4.67. The highest BCUT2D eigenvalue weighted by Crippen LogP contribution is 2.68. The Morgan fingerprint density at radius 3 is 2.39 bits per heavy atom. The number of hydrogen-bond acceptors (Lipinski definition) is 3. The van der Waals surface area contributed by atoms with Gasteiger partial charge in [-0.2, -0.15) is 0 Å². The van der Waals surface area contributed by atoms with Crippen molar-refractivity contribution in [2.45, 2.75) is 124 Å². The standard InChI is InChI=1S/C28H48O3/c1-18(7-12-25(30)31-26(2,3)4)22-10-11-23-21-9-8-19-17-20(29)13-15-27(19,5)24(21)14-16-28(22,23)6/h18-24,29H,7-17H2,1-6H3/t18-,19-,20-,21+,22-,23+,24+,27+,28-/m1/s1. The minimum Gasteiger partial charge on any atom is -0.460 e. The van der Waals surface area contributed by atoms with Gasteiger partial charge in [-0.25, -0.2) is 0 Å². The Morgan fingerprint density at radius 1 is 1.00 bits per heavy atom. The molecule has 31 heavy (non-hydrogen) atoms. The zero-order chi connectivity index (χ0) is 22.6. The summed E-state index contributed by atoms with van der Waals surface area (Å²) >= 11 is 0. The highest BCUT2D eigenvalue weighted by Gasteiger charge is 2.60. The first kappa shape index (κ1) is 23.6. The third kappa shape index (κ3) is 4.34. The topological polar surface area (TPSA) is 46.5 Å². The third-order valence-corrected chi connectivity index (χ3v) is 10.6. The molecule has 0 aromatic carbocycles. The van der Waals surface area contributed by atoms with E-state index in [-0.39, 0.29) is 17.7 Å². The van der Waals surface area contributed by atoms with Crippen LogP contribution in [0.25, 0.3) is 0 Å². The van der Waals surface area contributed by atoms with Gasteiger partial charge in [0.1, 0.15) is 5.60 Å². The molecule has 0 aromatic heterocycles. The molecule has 0 amide bonds. The summed E-state index contributed by atoms with van der Waals surface area (Å²) in [6.07, 6.45) is 13.0. The van der Waals surface area contributed by atoms with Gasteiger partial charge in [-0.15, -0.1) is 0 Å². The molecule has 0 bridgehead atoms. The quantitative estimate of drug-likeness (QED) is 0.499. The van der Waals surface area contributed by atoms with E-state index in [2.05, 4.69) is 20.8 Å². The Morgan fingerprint density at radius 2 is 1.68 bits per heavy atom. The van der Waals surface area contributed by atoms with Crippen molar-refractivity contribution < 1.29 is 14.6 Å². The first-order valence-corrected chi connectivity index (χ1v) is 13.3. The monoisotopic (exact) mass is 432 g/mol. The van der Waals surface area contributed by atoms with Gasteiger partial charge in [0.25, 0.3) is 0 Å². The molecule has 0 unspecified atom stereocenters. The second-order valence-electron chi connectivity index (χ2n) is 13.4. The molecule has 0 saturated heterocycles. The van der Waals surface area contributed by atoms with Crippen LogP contribution in [0.3, 0.4) is 0 Å². The predicted molar refractivity (Wildman–Crippen MR) is 125 cm³/mol. The number of rotatable bonds is 4. The molecule has 0 radical (unpaired) electrons. The van der Waals surface area contributed by atoms with Crippen molar-refractivity contribution in [3.63, 3.8) is 0 Å². The lowest BCUT2D eigenvalue weighted by Crippen LogP contribution is -2.54. The Labute approximate surface area is 191 Å². The van der Waals surface area contributed by atoms with Crippen LogP contribution in [-0.4, -0.2) is 22.8 Å². The van der Waals surface area contributed by atoms with Gasteiger partial charge in [0.15, 0.2) is 0 Å². The number of fused-ring (bicyclic) bond motifs is 5. The molecule has 4 rings (SSSR count). The molecule has 9 atom stereocenters. The summed E-state index contributed by atoms with van der Waals surface area (Å²) in [4.78, 5) is 12.3. The lowest BCUT2D eigenvalue weighted by molar-refractivity contribution is -0.155. The largest absolute Gasteiger partial charge is 0.460 e. The van der Waals surface area contributed by atoms with E-state index in [1.54, 1.807) is 0 Å². The van der Waals surface area contributed by atoms with E-state index >= 15 is 0 Å². The second kappa shape index (κ2) is 8.33. The van der Waals surface area contributed by atoms with Crippen molar-refractivity contribution in [3.05, 3.63) is 0 Å². The lowest BCUT2D eigenvalue weighted by atomic mass is 9.44. The number of carbonyl (C=O) groups excluding carboxylic acids is 1. The molecule has 0 heterocycles. The first-order chi connectivity index (χ1) is 14.4. The van der Waals surface area contributed by atoms with E-state index in [0.29, 0.717) is 23.2 Å². The number of aliphatic hydroxyl groups excluding tert-OH is 1. The number of hydrogen-bond donors (Lipinski definition) is 1. The van der Waals surface area contributed by atoms with Crippen LogP contribution >= 0.6 is 0 Å². The van der Waals surface area contributed by atoms with Gasteiger partial charge in [0.05, 0.1) is 6.10 Å². The van der Waals surface area contributed by atoms with Crippen molar-refractivity contribution in [3.8, 4) is 0 Å². The highest BCUT2D eigenvalue weighted by molar-refractivity contribution is 5.69. The molecule has 1 N–H and O–H groups in total.